The smallest absolute Gasteiger partial charge is 0.203 e. The van der Waals surface area contributed by atoms with Gasteiger partial charge < -0.3 is 4.98 Å². The minimum Gasteiger partial charge on any atom is -0.345 e. The van der Waals surface area contributed by atoms with Gasteiger partial charge in [0.25, 0.3) is 0 Å². The van der Waals surface area contributed by atoms with Gasteiger partial charge in [0, 0.05) is 16.5 Å². The molecule has 2 aromatic carbocycles. The summed E-state index contributed by atoms with van der Waals surface area (Å²) in [5.74, 6) is 0. The molecule has 25 heavy (non-hydrogen) atoms. The molecule has 0 atom stereocenters. The summed E-state index contributed by atoms with van der Waals surface area (Å²) in [6.07, 6.45) is 5.25. The van der Waals surface area contributed by atoms with E-state index in [9.17, 15) is 0 Å². The monoisotopic (exact) mass is 345 g/mol. The lowest BCUT2D eigenvalue weighted by atomic mass is 10.1. The number of nitrogens with zero attached hydrogens (tertiary/aromatic N) is 3. The SMILES string of the molecule is C(=NNc1nc(-c2ccccc2)cs1)c1cccc(-c2cnc[nH]2)c1. The summed E-state index contributed by atoms with van der Waals surface area (Å²) in [6, 6.07) is 18.2. The number of rotatable bonds is 5. The Bertz CT molecular complexity index is 974. The summed E-state index contributed by atoms with van der Waals surface area (Å²) in [7, 11) is 0. The van der Waals surface area contributed by atoms with Gasteiger partial charge in [-0.25, -0.2) is 9.97 Å². The molecule has 0 aliphatic heterocycles. The van der Waals surface area contributed by atoms with Crippen molar-refractivity contribution in [3.8, 4) is 22.5 Å². The number of H-pyrrole nitrogens is 1. The van der Waals surface area contributed by atoms with E-state index in [-0.39, 0.29) is 0 Å². The van der Waals surface area contributed by atoms with E-state index in [0.29, 0.717) is 0 Å². The van der Waals surface area contributed by atoms with Crippen molar-refractivity contribution in [2.24, 2.45) is 5.10 Å². The second kappa shape index (κ2) is 7.11. The molecule has 0 unspecified atom stereocenters. The minimum atomic E-state index is 0.764. The molecular formula is C19H15N5S. The molecule has 0 amide bonds. The van der Waals surface area contributed by atoms with Gasteiger partial charge in [0.1, 0.15) is 0 Å². The van der Waals surface area contributed by atoms with E-state index in [1.54, 1.807) is 18.7 Å². The van der Waals surface area contributed by atoms with Crippen LogP contribution in [0.4, 0.5) is 5.13 Å². The zero-order valence-corrected chi connectivity index (χ0v) is 14.1. The van der Waals surface area contributed by atoms with Gasteiger partial charge in [0.15, 0.2) is 0 Å². The first-order valence-electron chi connectivity index (χ1n) is 7.77. The molecule has 4 rings (SSSR count). The molecule has 4 aromatic rings. The lowest BCUT2D eigenvalue weighted by Crippen LogP contribution is -1.90. The molecule has 2 aromatic heterocycles. The average Bonchev–Trinajstić information content (AvgIpc) is 3.35. The van der Waals surface area contributed by atoms with Crippen LogP contribution < -0.4 is 5.43 Å². The summed E-state index contributed by atoms with van der Waals surface area (Å²) >= 11 is 1.53. The van der Waals surface area contributed by atoms with Crippen molar-refractivity contribution < 1.29 is 0 Å². The third kappa shape index (κ3) is 3.64. The fourth-order valence-corrected chi connectivity index (χ4v) is 3.10. The van der Waals surface area contributed by atoms with E-state index in [1.807, 2.05) is 53.9 Å². The first kappa shape index (κ1) is 15.3. The minimum absolute atomic E-state index is 0.764. The van der Waals surface area contributed by atoms with Crippen molar-refractivity contribution in [2.75, 3.05) is 5.43 Å². The van der Waals surface area contributed by atoms with Gasteiger partial charge in [-0.1, -0.05) is 48.5 Å². The predicted molar refractivity (Wildman–Crippen MR) is 103 cm³/mol. The molecule has 2 N–H and O–H groups in total. The Morgan fingerprint density at radius 1 is 1.04 bits per heavy atom. The van der Waals surface area contributed by atoms with E-state index in [0.717, 1.165) is 33.2 Å². The van der Waals surface area contributed by atoms with Crippen LogP contribution in [0.25, 0.3) is 22.5 Å². The lowest BCUT2D eigenvalue weighted by molar-refractivity contribution is 1.29. The van der Waals surface area contributed by atoms with Gasteiger partial charge in [-0.3, -0.25) is 5.43 Å². The fraction of sp³-hybridized carbons (Fsp3) is 0. The number of hydrazone groups is 1. The van der Waals surface area contributed by atoms with Crippen LogP contribution in [-0.2, 0) is 0 Å². The van der Waals surface area contributed by atoms with Crippen LogP contribution >= 0.6 is 11.3 Å². The second-order valence-corrected chi connectivity index (χ2v) is 6.22. The van der Waals surface area contributed by atoms with Crippen molar-refractivity contribution >= 4 is 22.7 Å². The summed E-state index contributed by atoms with van der Waals surface area (Å²) in [6.45, 7) is 0. The van der Waals surface area contributed by atoms with Crippen molar-refractivity contribution in [3.63, 3.8) is 0 Å². The molecular weight excluding hydrogens is 330 g/mol. The quantitative estimate of drug-likeness (QED) is 0.409. The molecule has 2 heterocycles. The Kier molecular flexibility index (Phi) is 4.35. The first-order valence-corrected chi connectivity index (χ1v) is 8.65. The summed E-state index contributed by atoms with van der Waals surface area (Å²) < 4.78 is 0. The molecule has 6 heteroatoms. The van der Waals surface area contributed by atoms with Crippen molar-refractivity contribution in [2.45, 2.75) is 0 Å². The highest BCUT2D eigenvalue weighted by atomic mass is 32.1. The predicted octanol–water partition coefficient (Wildman–Crippen LogP) is 4.65. The van der Waals surface area contributed by atoms with Crippen LogP contribution in [0, 0.1) is 0 Å². The molecule has 0 bridgehead atoms. The average molecular weight is 345 g/mol. The van der Waals surface area contributed by atoms with Crippen molar-refractivity contribution in [1.82, 2.24) is 15.0 Å². The van der Waals surface area contributed by atoms with Crippen LogP contribution in [0.2, 0.25) is 0 Å². The Balaban J connectivity index is 1.45. The highest BCUT2D eigenvalue weighted by Crippen LogP contribution is 2.24. The topological polar surface area (TPSA) is 66.0 Å². The number of thiazole rings is 1. The van der Waals surface area contributed by atoms with Crippen LogP contribution in [-0.4, -0.2) is 21.2 Å². The lowest BCUT2D eigenvalue weighted by Gasteiger charge is -1.99. The molecule has 0 radical (unpaired) electrons. The maximum atomic E-state index is 4.55. The van der Waals surface area contributed by atoms with Gasteiger partial charge in [0.05, 0.1) is 30.1 Å². The normalized spacial score (nSPS) is 11.0. The molecule has 0 saturated carbocycles. The number of hydrogen-bond acceptors (Lipinski definition) is 5. The Hall–Kier alpha value is -3.25. The number of nitrogens with one attached hydrogen (secondary N) is 2. The first-order chi connectivity index (χ1) is 12.4. The number of aromatic amines is 1. The van der Waals surface area contributed by atoms with E-state index in [2.05, 4.69) is 31.5 Å². The molecule has 0 aliphatic carbocycles. The number of anilines is 1. The highest BCUT2D eigenvalue weighted by molar-refractivity contribution is 7.14. The Labute approximate surface area is 149 Å². The number of imidazole rings is 1. The van der Waals surface area contributed by atoms with E-state index >= 15 is 0 Å². The van der Waals surface area contributed by atoms with Gasteiger partial charge >= 0.3 is 0 Å². The molecule has 5 nitrogen and oxygen atoms in total. The second-order valence-electron chi connectivity index (χ2n) is 5.36. The maximum Gasteiger partial charge on any atom is 0.203 e. The zero-order valence-electron chi connectivity index (χ0n) is 13.3. The molecule has 0 aliphatic rings. The van der Waals surface area contributed by atoms with E-state index in [1.165, 1.54) is 11.3 Å². The fourth-order valence-electron chi connectivity index (χ4n) is 2.43. The van der Waals surface area contributed by atoms with Crippen LogP contribution in [0.3, 0.4) is 0 Å². The van der Waals surface area contributed by atoms with E-state index in [4.69, 9.17) is 0 Å². The highest BCUT2D eigenvalue weighted by Gasteiger charge is 2.03. The maximum absolute atomic E-state index is 4.55. The van der Waals surface area contributed by atoms with Crippen molar-refractivity contribution in [3.05, 3.63) is 78.1 Å². The standard InChI is InChI=1S/C19H15N5S/c1-2-6-15(7-3-1)18-12-25-19(23-18)24-22-10-14-5-4-8-16(9-14)17-11-20-13-21-17/h1-13H,(H,20,21)(H,23,24). The Morgan fingerprint density at radius 3 is 2.76 bits per heavy atom. The van der Waals surface area contributed by atoms with Crippen LogP contribution in [0.15, 0.2) is 77.6 Å². The van der Waals surface area contributed by atoms with Crippen LogP contribution in [0.5, 0.6) is 0 Å². The van der Waals surface area contributed by atoms with Gasteiger partial charge in [-0.05, 0) is 11.6 Å². The third-order valence-electron chi connectivity index (χ3n) is 3.64. The van der Waals surface area contributed by atoms with Crippen LogP contribution in [0.1, 0.15) is 5.56 Å². The number of aromatic nitrogens is 3. The molecule has 0 fully saturated rings. The molecule has 0 spiro atoms. The van der Waals surface area contributed by atoms with Gasteiger partial charge in [-0.15, -0.1) is 11.3 Å². The van der Waals surface area contributed by atoms with Gasteiger partial charge in [0.2, 0.25) is 5.13 Å². The van der Waals surface area contributed by atoms with Gasteiger partial charge in [-0.2, -0.15) is 5.10 Å². The number of hydrogen-bond donors (Lipinski definition) is 2. The van der Waals surface area contributed by atoms with Crippen molar-refractivity contribution in [1.29, 1.82) is 0 Å². The van der Waals surface area contributed by atoms with E-state index < -0.39 is 0 Å². The third-order valence-corrected chi connectivity index (χ3v) is 4.39. The zero-order chi connectivity index (χ0) is 16.9. The molecule has 122 valence electrons. The summed E-state index contributed by atoms with van der Waals surface area (Å²) in [4.78, 5) is 11.7. The molecule has 0 saturated heterocycles. The summed E-state index contributed by atoms with van der Waals surface area (Å²) in [5, 5.41) is 7.07. The largest absolute Gasteiger partial charge is 0.345 e. The Morgan fingerprint density at radius 2 is 1.92 bits per heavy atom. The number of benzene rings is 2. The summed E-state index contributed by atoms with van der Waals surface area (Å²) in [5.41, 5.74) is 8.10.